The second kappa shape index (κ2) is 7.28. The Morgan fingerprint density at radius 1 is 1.33 bits per heavy atom. The van der Waals surface area contributed by atoms with Gasteiger partial charge >= 0.3 is 0 Å². The maximum Gasteiger partial charge on any atom is 0.251 e. The van der Waals surface area contributed by atoms with Gasteiger partial charge in [-0.1, -0.05) is 0 Å². The van der Waals surface area contributed by atoms with E-state index in [9.17, 15) is 4.79 Å². The van der Waals surface area contributed by atoms with E-state index in [0.29, 0.717) is 24.4 Å². The van der Waals surface area contributed by atoms with E-state index in [1.54, 1.807) is 13.2 Å². The number of nitrogen functional groups attached to an aromatic ring is 1. The highest BCUT2D eigenvalue weighted by Crippen LogP contribution is 2.25. The Morgan fingerprint density at radius 2 is 2.05 bits per heavy atom. The van der Waals surface area contributed by atoms with Gasteiger partial charge in [-0.3, -0.25) is 4.79 Å². The number of benzene rings is 1. The van der Waals surface area contributed by atoms with E-state index in [1.165, 1.54) is 0 Å². The van der Waals surface area contributed by atoms with Gasteiger partial charge < -0.3 is 25.6 Å². The predicted octanol–water partition coefficient (Wildman–Crippen LogP) is 0.397. The van der Waals surface area contributed by atoms with Crippen LogP contribution in [0.15, 0.2) is 18.2 Å². The summed E-state index contributed by atoms with van der Waals surface area (Å²) in [6.45, 7) is 4.97. The number of nitrogens with zero attached hydrogens (tertiary/aromatic N) is 2. The van der Waals surface area contributed by atoms with E-state index in [-0.39, 0.29) is 5.91 Å². The van der Waals surface area contributed by atoms with E-state index < -0.39 is 0 Å². The Labute approximate surface area is 125 Å². The molecule has 6 heteroatoms. The number of rotatable bonds is 5. The normalized spacial score (nSPS) is 16.0. The molecule has 1 aliphatic rings. The lowest BCUT2D eigenvalue weighted by atomic mass is 10.1. The summed E-state index contributed by atoms with van der Waals surface area (Å²) in [5.41, 5.74) is 8.37. The molecule has 0 aromatic heterocycles. The van der Waals surface area contributed by atoms with Crippen molar-refractivity contribution in [2.45, 2.75) is 0 Å². The zero-order valence-corrected chi connectivity index (χ0v) is 12.8. The van der Waals surface area contributed by atoms with Crippen LogP contribution in [0.2, 0.25) is 0 Å². The Bertz CT molecular complexity index is 485. The van der Waals surface area contributed by atoms with Crippen LogP contribution in [0, 0.1) is 0 Å². The Kier molecular flexibility index (Phi) is 5.41. The number of anilines is 2. The molecule has 1 aromatic rings. The lowest BCUT2D eigenvalue weighted by Crippen LogP contribution is -2.44. The second-order valence-electron chi connectivity index (χ2n) is 5.31. The maximum absolute atomic E-state index is 12.0. The Balaban J connectivity index is 2.01. The number of carbonyl (C=O) groups excluding carboxylic acids is 1. The van der Waals surface area contributed by atoms with E-state index in [4.69, 9.17) is 10.5 Å². The fourth-order valence-electron chi connectivity index (χ4n) is 2.40. The quantitative estimate of drug-likeness (QED) is 0.607. The monoisotopic (exact) mass is 292 g/mol. The van der Waals surface area contributed by atoms with Crippen molar-refractivity contribution in [3.05, 3.63) is 23.8 Å². The topological polar surface area (TPSA) is 70.8 Å². The summed E-state index contributed by atoms with van der Waals surface area (Å²) < 4.78 is 4.91. The minimum Gasteiger partial charge on any atom is -0.397 e. The fraction of sp³-hybridized carbons (Fsp3) is 0.533. The van der Waals surface area contributed by atoms with Crippen LogP contribution in [0.1, 0.15) is 10.4 Å². The van der Waals surface area contributed by atoms with E-state index in [1.807, 2.05) is 12.1 Å². The molecule has 1 saturated heterocycles. The molecule has 0 radical (unpaired) electrons. The van der Waals surface area contributed by atoms with Crippen molar-refractivity contribution in [2.75, 3.05) is 64.1 Å². The second-order valence-corrected chi connectivity index (χ2v) is 5.31. The molecule has 3 N–H and O–H groups in total. The van der Waals surface area contributed by atoms with E-state index in [0.717, 1.165) is 31.9 Å². The summed E-state index contributed by atoms with van der Waals surface area (Å²) in [4.78, 5) is 16.5. The first-order valence-electron chi connectivity index (χ1n) is 7.22. The fourth-order valence-corrected chi connectivity index (χ4v) is 2.40. The first kappa shape index (κ1) is 15.6. The predicted molar refractivity (Wildman–Crippen MR) is 84.8 cm³/mol. The summed E-state index contributed by atoms with van der Waals surface area (Å²) >= 11 is 0. The SMILES string of the molecule is COCCNC(=O)c1ccc(N2CCN(C)CC2)c(N)c1. The number of ether oxygens (including phenoxy) is 1. The molecular formula is C15H24N4O2. The van der Waals surface area contributed by atoms with Gasteiger partial charge in [0.15, 0.2) is 0 Å². The number of piperazine rings is 1. The lowest BCUT2D eigenvalue weighted by molar-refractivity contribution is 0.0937. The highest BCUT2D eigenvalue weighted by atomic mass is 16.5. The molecule has 6 nitrogen and oxygen atoms in total. The molecule has 1 heterocycles. The van der Waals surface area contributed by atoms with Crippen LogP contribution in [0.3, 0.4) is 0 Å². The van der Waals surface area contributed by atoms with Crippen LogP contribution in [0.25, 0.3) is 0 Å². The minimum absolute atomic E-state index is 0.122. The van der Waals surface area contributed by atoms with Crippen LogP contribution in [0.4, 0.5) is 11.4 Å². The van der Waals surface area contributed by atoms with Crippen LogP contribution >= 0.6 is 0 Å². The van der Waals surface area contributed by atoms with E-state index in [2.05, 4.69) is 22.2 Å². The Morgan fingerprint density at radius 3 is 2.67 bits per heavy atom. The zero-order chi connectivity index (χ0) is 15.2. The average molecular weight is 292 g/mol. The summed E-state index contributed by atoms with van der Waals surface area (Å²) in [5, 5.41) is 2.79. The van der Waals surface area contributed by atoms with Crippen molar-refractivity contribution in [3.63, 3.8) is 0 Å². The summed E-state index contributed by atoms with van der Waals surface area (Å²) in [7, 11) is 3.73. The number of nitrogens with two attached hydrogens (primary N) is 1. The molecule has 2 rings (SSSR count). The van der Waals surface area contributed by atoms with Crippen molar-refractivity contribution in [2.24, 2.45) is 0 Å². The lowest BCUT2D eigenvalue weighted by Gasteiger charge is -2.34. The third-order valence-corrected chi connectivity index (χ3v) is 3.73. The molecule has 0 saturated carbocycles. The number of hydrogen-bond acceptors (Lipinski definition) is 5. The highest BCUT2D eigenvalue weighted by Gasteiger charge is 2.17. The van der Waals surface area contributed by atoms with Gasteiger partial charge in [-0.25, -0.2) is 0 Å². The standard InChI is InChI=1S/C15H24N4O2/c1-18-6-8-19(9-7-18)14-4-3-12(11-13(14)16)15(20)17-5-10-21-2/h3-4,11H,5-10,16H2,1-2H3,(H,17,20). The van der Waals surface area contributed by atoms with Crippen molar-refractivity contribution < 1.29 is 9.53 Å². The van der Waals surface area contributed by atoms with Gasteiger partial charge in [-0.05, 0) is 25.2 Å². The molecule has 1 amide bonds. The van der Waals surface area contributed by atoms with E-state index >= 15 is 0 Å². The average Bonchev–Trinajstić information content (AvgIpc) is 2.48. The number of hydrogen-bond donors (Lipinski definition) is 2. The van der Waals surface area contributed by atoms with Gasteiger partial charge in [0.1, 0.15) is 0 Å². The third kappa shape index (κ3) is 4.09. The summed E-state index contributed by atoms with van der Waals surface area (Å²) in [5.74, 6) is -0.122. The van der Waals surface area contributed by atoms with Crippen LogP contribution in [0.5, 0.6) is 0 Å². The van der Waals surface area contributed by atoms with Gasteiger partial charge in [-0.2, -0.15) is 0 Å². The molecule has 1 aliphatic heterocycles. The number of nitrogens with one attached hydrogen (secondary N) is 1. The van der Waals surface area contributed by atoms with Crippen LogP contribution in [-0.4, -0.2) is 64.3 Å². The van der Waals surface area contributed by atoms with Crippen molar-refractivity contribution >= 4 is 17.3 Å². The van der Waals surface area contributed by atoms with Gasteiger partial charge in [0.2, 0.25) is 0 Å². The highest BCUT2D eigenvalue weighted by molar-refractivity contribution is 5.96. The number of amides is 1. The zero-order valence-electron chi connectivity index (χ0n) is 12.8. The molecule has 1 fully saturated rings. The largest absolute Gasteiger partial charge is 0.397 e. The first-order valence-corrected chi connectivity index (χ1v) is 7.22. The van der Waals surface area contributed by atoms with Gasteiger partial charge in [0.25, 0.3) is 5.91 Å². The van der Waals surface area contributed by atoms with Crippen LogP contribution < -0.4 is 16.0 Å². The minimum atomic E-state index is -0.122. The number of carbonyl (C=O) groups is 1. The number of methoxy groups -OCH3 is 1. The molecule has 0 atom stereocenters. The van der Waals surface area contributed by atoms with Crippen LogP contribution in [-0.2, 0) is 4.74 Å². The number of likely N-dealkylation sites (N-methyl/N-ethyl adjacent to an activating group) is 1. The molecule has 116 valence electrons. The summed E-state index contributed by atoms with van der Waals surface area (Å²) in [6.07, 6.45) is 0. The van der Waals surface area contributed by atoms with Crippen molar-refractivity contribution in [1.29, 1.82) is 0 Å². The molecule has 0 unspecified atom stereocenters. The van der Waals surface area contributed by atoms with Gasteiger partial charge in [0.05, 0.1) is 18.0 Å². The molecule has 0 aliphatic carbocycles. The van der Waals surface area contributed by atoms with Gasteiger partial charge in [0, 0.05) is 45.4 Å². The maximum atomic E-state index is 12.0. The van der Waals surface area contributed by atoms with Gasteiger partial charge in [-0.15, -0.1) is 0 Å². The first-order chi connectivity index (χ1) is 10.1. The summed E-state index contributed by atoms with van der Waals surface area (Å²) in [6, 6.07) is 5.51. The van der Waals surface area contributed by atoms with Crippen molar-refractivity contribution in [1.82, 2.24) is 10.2 Å². The molecule has 0 spiro atoms. The Hall–Kier alpha value is -1.79. The van der Waals surface area contributed by atoms with Crippen molar-refractivity contribution in [3.8, 4) is 0 Å². The smallest absolute Gasteiger partial charge is 0.251 e. The molecule has 21 heavy (non-hydrogen) atoms. The molecule has 0 bridgehead atoms. The third-order valence-electron chi connectivity index (χ3n) is 3.73. The molecular weight excluding hydrogens is 268 g/mol. The molecule has 1 aromatic carbocycles.